The molecular formula is C22H27N3O5S. The largest absolute Gasteiger partial charge is 0.492 e. The van der Waals surface area contributed by atoms with Gasteiger partial charge in [0.1, 0.15) is 23.7 Å². The van der Waals surface area contributed by atoms with Crippen molar-refractivity contribution in [3.8, 4) is 16.9 Å². The molecule has 1 heterocycles. The molecule has 8 nitrogen and oxygen atoms in total. The van der Waals surface area contributed by atoms with E-state index in [1.54, 1.807) is 19.1 Å². The van der Waals surface area contributed by atoms with E-state index in [-0.39, 0.29) is 12.4 Å². The molecule has 0 spiro atoms. The molecule has 0 saturated carbocycles. The fourth-order valence-electron chi connectivity index (χ4n) is 4.06. The van der Waals surface area contributed by atoms with Gasteiger partial charge in [-0.2, -0.15) is 4.31 Å². The molecule has 1 aliphatic rings. The first-order valence-electron chi connectivity index (χ1n) is 9.82. The first-order chi connectivity index (χ1) is 14.6. The Balaban J connectivity index is 1.71. The molecule has 1 aliphatic heterocycles. The van der Waals surface area contributed by atoms with Gasteiger partial charge in [0.2, 0.25) is 10.0 Å². The molecule has 0 aromatic heterocycles. The van der Waals surface area contributed by atoms with Gasteiger partial charge >= 0.3 is 5.97 Å². The second kappa shape index (κ2) is 8.68. The van der Waals surface area contributed by atoms with Crippen LogP contribution in [0.25, 0.3) is 11.1 Å². The summed E-state index contributed by atoms with van der Waals surface area (Å²) in [4.78, 5) is 12.3. The van der Waals surface area contributed by atoms with Crippen molar-refractivity contribution in [3.63, 3.8) is 0 Å². The van der Waals surface area contributed by atoms with E-state index in [2.05, 4.69) is 0 Å². The number of nitrogens with one attached hydrogen (secondary N) is 1. The molecule has 0 bridgehead atoms. The van der Waals surface area contributed by atoms with Crippen LogP contribution in [0.4, 0.5) is 0 Å². The van der Waals surface area contributed by atoms with Gasteiger partial charge in [0.15, 0.2) is 0 Å². The number of carbonyl (C=O) groups is 1. The van der Waals surface area contributed by atoms with Crippen LogP contribution in [0.2, 0.25) is 0 Å². The highest BCUT2D eigenvalue weighted by atomic mass is 32.2. The van der Waals surface area contributed by atoms with E-state index in [1.165, 1.54) is 11.4 Å². The fourth-order valence-corrected chi connectivity index (χ4v) is 5.66. The monoisotopic (exact) mass is 445 g/mol. The van der Waals surface area contributed by atoms with E-state index in [1.807, 2.05) is 36.4 Å². The summed E-state index contributed by atoms with van der Waals surface area (Å²) in [7, 11) is -2.39. The van der Waals surface area contributed by atoms with Gasteiger partial charge in [-0.15, -0.1) is 0 Å². The first kappa shape index (κ1) is 22.8. The van der Waals surface area contributed by atoms with Gasteiger partial charge in [-0.1, -0.05) is 36.4 Å². The lowest BCUT2D eigenvalue weighted by Crippen LogP contribution is -2.54. The van der Waals surface area contributed by atoms with E-state index in [4.69, 9.17) is 20.6 Å². The van der Waals surface area contributed by atoms with Crippen LogP contribution in [0.5, 0.6) is 5.75 Å². The van der Waals surface area contributed by atoms with Crippen molar-refractivity contribution in [2.75, 3.05) is 20.0 Å². The summed E-state index contributed by atoms with van der Waals surface area (Å²) in [6.45, 7) is 1.72. The number of ether oxygens (including phenoxy) is 2. The van der Waals surface area contributed by atoms with Crippen molar-refractivity contribution in [1.82, 2.24) is 4.31 Å². The van der Waals surface area contributed by atoms with Gasteiger partial charge in [0.05, 0.1) is 19.4 Å². The summed E-state index contributed by atoms with van der Waals surface area (Å²) in [6.07, 6.45) is 1.97. The van der Waals surface area contributed by atoms with Gasteiger partial charge in [-0.25, -0.2) is 8.42 Å². The number of nitrogen functional groups attached to an aromatic ring is 1. The summed E-state index contributed by atoms with van der Waals surface area (Å²) in [5.74, 6) is 0.0541. The Labute approximate surface area is 182 Å². The Morgan fingerprint density at radius 3 is 2.19 bits per heavy atom. The van der Waals surface area contributed by atoms with E-state index in [9.17, 15) is 13.2 Å². The number of hydrogen-bond acceptors (Lipinski definition) is 6. The van der Waals surface area contributed by atoms with Crippen LogP contribution in [-0.4, -0.2) is 56.1 Å². The smallest absolute Gasteiger partial charge is 0.327 e. The normalized spacial score (nSPS) is 21.6. The third kappa shape index (κ3) is 4.72. The molecule has 0 unspecified atom stereocenters. The Hall–Kier alpha value is -2.91. The van der Waals surface area contributed by atoms with Crippen molar-refractivity contribution in [2.24, 2.45) is 5.73 Å². The van der Waals surface area contributed by atoms with E-state index < -0.39 is 27.6 Å². The molecule has 31 heavy (non-hydrogen) atoms. The van der Waals surface area contributed by atoms with Gasteiger partial charge in [0.25, 0.3) is 0 Å². The maximum atomic E-state index is 12.4. The molecule has 2 aromatic carbocycles. The van der Waals surface area contributed by atoms with Crippen molar-refractivity contribution < 1.29 is 22.7 Å². The Bertz CT molecular complexity index is 1070. The average molecular weight is 446 g/mol. The van der Waals surface area contributed by atoms with Crippen molar-refractivity contribution in [2.45, 2.75) is 31.3 Å². The van der Waals surface area contributed by atoms with Crippen LogP contribution in [0.1, 0.15) is 25.3 Å². The molecule has 2 atom stereocenters. The number of carbonyl (C=O) groups excluding carboxylic acids is 1. The van der Waals surface area contributed by atoms with Gasteiger partial charge in [0, 0.05) is 5.56 Å². The summed E-state index contributed by atoms with van der Waals surface area (Å²) >= 11 is 0. The number of sulfonamides is 1. The highest BCUT2D eigenvalue weighted by Gasteiger charge is 2.53. The maximum Gasteiger partial charge on any atom is 0.327 e. The lowest BCUT2D eigenvalue weighted by Gasteiger charge is -2.33. The van der Waals surface area contributed by atoms with Gasteiger partial charge < -0.3 is 15.2 Å². The third-order valence-electron chi connectivity index (χ3n) is 5.59. The second-order valence-corrected chi connectivity index (χ2v) is 9.70. The van der Waals surface area contributed by atoms with E-state index in [0.717, 1.165) is 17.4 Å². The lowest BCUT2D eigenvalue weighted by molar-refractivity contribution is -0.150. The molecule has 1 fully saturated rings. The third-order valence-corrected chi connectivity index (χ3v) is 7.01. The molecule has 0 radical (unpaired) electrons. The lowest BCUT2D eigenvalue weighted by atomic mass is 10.0. The number of methoxy groups -OCH3 is 1. The molecule has 0 amide bonds. The van der Waals surface area contributed by atoms with Crippen LogP contribution in [0, 0.1) is 5.41 Å². The van der Waals surface area contributed by atoms with E-state index in [0.29, 0.717) is 24.2 Å². The van der Waals surface area contributed by atoms with Crippen molar-refractivity contribution in [3.05, 3.63) is 54.1 Å². The number of nitrogens with zero attached hydrogens (tertiary/aromatic N) is 1. The number of esters is 1. The Kier molecular flexibility index (Phi) is 6.38. The van der Waals surface area contributed by atoms with Gasteiger partial charge in [-0.3, -0.25) is 10.2 Å². The molecule has 0 aliphatic carbocycles. The number of nitrogens with two attached hydrogens (primary N) is 1. The molecular weight excluding hydrogens is 418 g/mol. The highest BCUT2D eigenvalue weighted by Crippen LogP contribution is 2.37. The van der Waals surface area contributed by atoms with Crippen molar-refractivity contribution in [1.29, 1.82) is 5.41 Å². The minimum atomic E-state index is -3.64. The molecule has 3 N–H and O–H groups in total. The summed E-state index contributed by atoms with van der Waals surface area (Å²) in [5, 5.41) is 7.46. The Morgan fingerprint density at radius 2 is 1.71 bits per heavy atom. The summed E-state index contributed by atoms with van der Waals surface area (Å²) < 4.78 is 36.7. The highest BCUT2D eigenvalue weighted by molar-refractivity contribution is 7.88. The maximum absolute atomic E-state index is 12.4. The topological polar surface area (TPSA) is 123 Å². The minimum Gasteiger partial charge on any atom is -0.492 e. The number of rotatable bonds is 7. The van der Waals surface area contributed by atoms with Crippen LogP contribution in [0.15, 0.2) is 48.5 Å². The number of benzene rings is 2. The summed E-state index contributed by atoms with van der Waals surface area (Å²) in [5.41, 5.74) is 6.86. The van der Waals surface area contributed by atoms with Crippen LogP contribution in [0.3, 0.4) is 0 Å². The molecule has 166 valence electrons. The Morgan fingerprint density at radius 1 is 1.16 bits per heavy atom. The molecule has 2 aromatic rings. The first-order valence-corrected chi connectivity index (χ1v) is 11.7. The number of hydrogen-bond donors (Lipinski definition) is 2. The summed E-state index contributed by atoms with van der Waals surface area (Å²) in [6, 6.07) is 14.3. The SMILES string of the molecule is COC(=O)[C@]1(C)CC[C@@H](COc2ccc(-c3ccc(C(=N)N)cc3)cc2)N1S(C)(=O)=O. The van der Waals surface area contributed by atoms with Gasteiger partial charge in [-0.05, 0) is 43.0 Å². The zero-order valence-corrected chi connectivity index (χ0v) is 18.6. The van der Waals surface area contributed by atoms with Crippen molar-refractivity contribution >= 4 is 21.8 Å². The molecule has 1 saturated heterocycles. The van der Waals surface area contributed by atoms with Crippen LogP contribution in [-0.2, 0) is 19.6 Å². The molecule has 9 heteroatoms. The second-order valence-electron chi connectivity index (χ2n) is 7.84. The predicted octanol–water partition coefficient (Wildman–Crippen LogP) is 2.37. The number of amidine groups is 1. The predicted molar refractivity (Wildman–Crippen MR) is 119 cm³/mol. The molecule has 3 rings (SSSR count). The van der Waals surface area contributed by atoms with E-state index >= 15 is 0 Å². The average Bonchev–Trinajstić information content (AvgIpc) is 3.10. The quantitative estimate of drug-likeness (QED) is 0.383. The zero-order chi connectivity index (χ0) is 22.8. The van der Waals surface area contributed by atoms with Crippen LogP contribution >= 0.6 is 0 Å². The standard InChI is InChI=1S/C22H27N3O5S/c1-22(21(26)29-2)13-12-18(25(22)31(3,27)28)14-30-19-10-8-16(9-11-19)15-4-6-17(7-5-15)20(23)24/h4-11,18H,12-14H2,1-3H3,(H3,23,24)/t18-,22-/m0/s1. The fraction of sp³-hybridized carbons (Fsp3) is 0.364. The zero-order valence-electron chi connectivity index (χ0n) is 17.8. The van der Waals surface area contributed by atoms with Crippen LogP contribution < -0.4 is 10.5 Å². The minimum absolute atomic E-state index is 0.0219.